The highest BCUT2D eigenvalue weighted by atomic mass is 16.5. The predicted molar refractivity (Wildman–Crippen MR) is 69.1 cm³/mol. The number of nitrogens with one attached hydrogen (secondary N) is 1. The Morgan fingerprint density at radius 1 is 1.41 bits per heavy atom. The highest BCUT2D eigenvalue weighted by molar-refractivity contribution is 5.76. The highest BCUT2D eigenvalue weighted by Gasteiger charge is 2.05. The van der Waals surface area contributed by atoms with Crippen LogP contribution < -0.4 is 10.1 Å². The summed E-state index contributed by atoms with van der Waals surface area (Å²) in [6.45, 7) is 6.17. The molecule has 92 valence electrons. The fourth-order valence-corrected chi connectivity index (χ4v) is 1.50. The molecule has 0 atom stereocenters. The minimum absolute atomic E-state index is 0.0407. The van der Waals surface area contributed by atoms with Crippen molar-refractivity contribution < 1.29 is 9.53 Å². The lowest BCUT2D eigenvalue weighted by atomic mass is 10.1. The molecule has 0 unspecified atom stereocenters. The topological polar surface area (TPSA) is 38.3 Å². The third-order valence-electron chi connectivity index (χ3n) is 2.40. The van der Waals surface area contributed by atoms with E-state index in [0.717, 1.165) is 16.9 Å². The second kappa shape index (κ2) is 6.74. The second-order valence-electron chi connectivity index (χ2n) is 4.05. The van der Waals surface area contributed by atoms with Crippen molar-refractivity contribution in [1.82, 2.24) is 5.32 Å². The van der Waals surface area contributed by atoms with Crippen molar-refractivity contribution in [1.29, 1.82) is 0 Å². The molecule has 3 heteroatoms. The van der Waals surface area contributed by atoms with Crippen molar-refractivity contribution >= 4 is 5.91 Å². The van der Waals surface area contributed by atoms with Gasteiger partial charge in [0.15, 0.2) is 0 Å². The standard InChI is InChI=1S/C14H19NO2/c1-11(2)10-15-14(16)9-8-12-6-4-5-7-13(12)17-3/h4-7H,1,8-10H2,2-3H3,(H,15,16). The van der Waals surface area contributed by atoms with Gasteiger partial charge in [0, 0.05) is 13.0 Å². The molecule has 0 aliphatic rings. The predicted octanol–water partition coefficient (Wildman–Crippen LogP) is 2.32. The van der Waals surface area contributed by atoms with E-state index in [-0.39, 0.29) is 5.91 Å². The van der Waals surface area contributed by atoms with Crippen molar-refractivity contribution in [3.8, 4) is 5.75 Å². The molecule has 0 bridgehead atoms. The van der Waals surface area contributed by atoms with E-state index in [4.69, 9.17) is 4.74 Å². The zero-order valence-electron chi connectivity index (χ0n) is 10.5. The maximum Gasteiger partial charge on any atom is 0.220 e. The van der Waals surface area contributed by atoms with E-state index in [1.807, 2.05) is 31.2 Å². The summed E-state index contributed by atoms with van der Waals surface area (Å²) < 4.78 is 5.23. The molecule has 3 nitrogen and oxygen atoms in total. The Labute approximate surface area is 102 Å². The minimum Gasteiger partial charge on any atom is -0.496 e. The molecule has 0 radical (unpaired) electrons. The van der Waals surface area contributed by atoms with Gasteiger partial charge >= 0.3 is 0 Å². The van der Waals surface area contributed by atoms with E-state index in [0.29, 0.717) is 19.4 Å². The highest BCUT2D eigenvalue weighted by Crippen LogP contribution is 2.18. The van der Waals surface area contributed by atoms with Crippen LogP contribution in [-0.2, 0) is 11.2 Å². The van der Waals surface area contributed by atoms with Crippen LogP contribution in [0.2, 0.25) is 0 Å². The molecule has 1 rings (SSSR count). The fraction of sp³-hybridized carbons (Fsp3) is 0.357. The zero-order valence-corrected chi connectivity index (χ0v) is 10.5. The molecular weight excluding hydrogens is 214 g/mol. The number of rotatable bonds is 6. The molecule has 0 fully saturated rings. The van der Waals surface area contributed by atoms with Crippen LogP contribution in [0.15, 0.2) is 36.4 Å². The van der Waals surface area contributed by atoms with Gasteiger partial charge in [-0.3, -0.25) is 4.79 Å². The molecular formula is C14H19NO2. The summed E-state index contributed by atoms with van der Waals surface area (Å²) in [7, 11) is 1.64. The van der Waals surface area contributed by atoms with Crippen LogP contribution >= 0.6 is 0 Å². The molecule has 1 aromatic rings. The number of hydrogen-bond acceptors (Lipinski definition) is 2. The van der Waals surface area contributed by atoms with Gasteiger partial charge < -0.3 is 10.1 Å². The number of carbonyl (C=O) groups excluding carboxylic acids is 1. The molecule has 1 aromatic carbocycles. The first-order valence-corrected chi connectivity index (χ1v) is 5.66. The summed E-state index contributed by atoms with van der Waals surface area (Å²) in [6.07, 6.45) is 1.15. The maximum absolute atomic E-state index is 11.5. The summed E-state index contributed by atoms with van der Waals surface area (Å²) in [5, 5.41) is 2.81. The summed E-state index contributed by atoms with van der Waals surface area (Å²) in [6, 6.07) is 7.75. The van der Waals surface area contributed by atoms with Gasteiger partial charge in [0.25, 0.3) is 0 Å². The lowest BCUT2D eigenvalue weighted by molar-refractivity contribution is -0.120. The molecule has 1 N–H and O–H groups in total. The maximum atomic E-state index is 11.5. The molecule has 0 spiro atoms. The number of benzene rings is 1. The number of ether oxygens (including phenoxy) is 1. The van der Waals surface area contributed by atoms with E-state index in [9.17, 15) is 4.79 Å². The Morgan fingerprint density at radius 3 is 2.76 bits per heavy atom. The molecule has 0 aliphatic carbocycles. The fourth-order valence-electron chi connectivity index (χ4n) is 1.50. The third kappa shape index (κ3) is 4.72. The first-order valence-electron chi connectivity index (χ1n) is 5.66. The summed E-state index contributed by atoms with van der Waals surface area (Å²) in [5.41, 5.74) is 2.01. The van der Waals surface area contributed by atoms with E-state index in [2.05, 4.69) is 11.9 Å². The van der Waals surface area contributed by atoms with E-state index >= 15 is 0 Å². The van der Waals surface area contributed by atoms with Crippen LogP contribution in [0.25, 0.3) is 0 Å². The van der Waals surface area contributed by atoms with E-state index in [1.54, 1.807) is 7.11 Å². The Bertz CT molecular complexity index is 399. The van der Waals surface area contributed by atoms with Crippen LogP contribution in [0.5, 0.6) is 5.75 Å². The monoisotopic (exact) mass is 233 g/mol. The smallest absolute Gasteiger partial charge is 0.220 e. The summed E-state index contributed by atoms with van der Waals surface area (Å²) in [5.74, 6) is 0.874. The lowest BCUT2D eigenvalue weighted by Crippen LogP contribution is -2.25. The van der Waals surface area contributed by atoms with E-state index < -0.39 is 0 Å². The third-order valence-corrected chi connectivity index (χ3v) is 2.40. The number of carbonyl (C=O) groups is 1. The van der Waals surface area contributed by atoms with Crippen molar-refractivity contribution in [2.24, 2.45) is 0 Å². The normalized spacial score (nSPS) is 9.76. The van der Waals surface area contributed by atoms with Gasteiger partial charge in [0.05, 0.1) is 7.11 Å². The molecule has 0 saturated heterocycles. The van der Waals surface area contributed by atoms with Gasteiger partial charge in [-0.25, -0.2) is 0 Å². The quantitative estimate of drug-likeness (QED) is 0.766. The number of amides is 1. The number of aryl methyl sites for hydroxylation is 1. The van der Waals surface area contributed by atoms with Gasteiger partial charge in [-0.05, 0) is 25.0 Å². The molecule has 17 heavy (non-hydrogen) atoms. The van der Waals surface area contributed by atoms with Crippen molar-refractivity contribution in [3.05, 3.63) is 42.0 Å². The number of methoxy groups -OCH3 is 1. The Kier molecular flexibility index (Phi) is 5.27. The molecule has 0 saturated carbocycles. The number of para-hydroxylation sites is 1. The van der Waals surface area contributed by atoms with Gasteiger partial charge in [-0.15, -0.1) is 0 Å². The molecule has 0 heterocycles. The second-order valence-corrected chi connectivity index (χ2v) is 4.05. The van der Waals surface area contributed by atoms with Gasteiger partial charge in [-0.2, -0.15) is 0 Å². The minimum atomic E-state index is 0.0407. The Morgan fingerprint density at radius 2 is 2.12 bits per heavy atom. The van der Waals surface area contributed by atoms with Crippen LogP contribution in [0.3, 0.4) is 0 Å². The summed E-state index contributed by atoms with van der Waals surface area (Å²) >= 11 is 0. The average Bonchev–Trinajstić information content (AvgIpc) is 2.34. The van der Waals surface area contributed by atoms with Crippen molar-refractivity contribution in [2.75, 3.05) is 13.7 Å². The van der Waals surface area contributed by atoms with Crippen molar-refractivity contribution in [3.63, 3.8) is 0 Å². The number of hydrogen-bond donors (Lipinski definition) is 1. The van der Waals surface area contributed by atoms with Crippen LogP contribution in [-0.4, -0.2) is 19.6 Å². The van der Waals surface area contributed by atoms with Gasteiger partial charge in [-0.1, -0.05) is 30.4 Å². The molecule has 1 amide bonds. The van der Waals surface area contributed by atoms with Crippen LogP contribution in [0.4, 0.5) is 0 Å². The largest absolute Gasteiger partial charge is 0.496 e. The van der Waals surface area contributed by atoms with Crippen LogP contribution in [0.1, 0.15) is 18.9 Å². The van der Waals surface area contributed by atoms with Gasteiger partial charge in [0.2, 0.25) is 5.91 Å². The van der Waals surface area contributed by atoms with Crippen molar-refractivity contribution in [2.45, 2.75) is 19.8 Å². The zero-order chi connectivity index (χ0) is 12.7. The van der Waals surface area contributed by atoms with Gasteiger partial charge in [0.1, 0.15) is 5.75 Å². The lowest BCUT2D eigenvalue weighted by Gasteiger charge is -2.08. The molecule has 0 aromatic heterocycles. The first-order chi connectivity index (χ1) is 8.13. The molecule has 0 aliphatic heterocycles. The first kappa shape index (κ1) is 13.3. The SMILES string of the molecule is C=C(C)CNC(=O)CCc1ccccc1OC. The van der Waals surface area contributed by atoms with E-state index in [1.165, 1.54) is 0 Å². The Balaban J connectivity index is 2.44. The summed E-state index contributed by atoms with van der Waals surface area (Å²) in [4.78, 5) is 11.5. The Hall–Kier alpha value is -1.77. The average molecular weight is 233 g/mol. The van der Waals surface area contributed by atoms with Crippen LogP contribution in [0, 0.1) is 0 Å².